The molecule has 0 atom stereocenters. The van der Waals surface area contributed by atoms with E-state index in [1.54, 1.807) is 12.1 Å². The zero-order chi connectivity index (χ0) is 19.4. The summed E-state index contributed by atoms with van der Waals surface area (Å²) < 4.78 is 7.89. The fraction of sp³-hybridized carbons (Fsp3) is 0.100. The van der Waals surface area contributed by atoms with Crippen molar-refractivity contribution in [1.82, 2.24) is 0 Å². The maximum Gasteiger partial charge on any atom is 0.139 e. The van der Waals surface area contributed by atoms with Gasteiger partial charge in [0.05, 0.1) is 4.47 Å². The molecule has 0 saturated heterocycles. The molecule has 7 heteroatoms. The van der Waals surface area contributed by atoms with Gasteiger partial charge in [-0.05, 0) is 64.5 Å². The van der Waals surface area contributed by atoms with Gasteiger partial charge in [-0.1, -0.05) is 56.8 Å². The van der Waals surface area contributed by atoms with Crippen molar-refractivity contribution in [3.8, 4) is 5.75 Å². The smallest absolute Gasteiger partial charge is 0.139 e. The zero-order valence-electron chi connectivity index (χ0n) is 13.9. The Kier molecular flexibility index (Phi) is 7.35. The van der Waals surface area contributed by atoms with Gasteiger partial charge in [-0.15, -0.1) is 0 Å². The topological polar surface area (TPSA) is 21.3 Å². The van der Waals surface area contributed by atoms with Crippen molar-refractivity contribution >= 4 is 72.4 Å². The predicted octanol–water partition coefficient (Wildman–Crippen LogP) is 8.36. The van der Waals surface area contributed by atoms with Crippen LogP contribution < -0.4 is 10.1 Å². The number of ether oxygens (including phenoxy) is 1. The number of halogens is 5. The van der Waals surface area contributed by atoms with Crippen LogP contribution in [0.2, 0.25) is 15.1 Å². The third-order valence-corrected chi connectivity index (χ3v) is 5.69. The molecule has 3 aromatic rings. The Balaban J connectivity index is 1.78. The number of rotatable bonds is 6. The Morgan fingerprint density at radius 2 is 1.52 bits per heavy atom. The van der Waals surface area contributed by atoms with E-state index >= 15 is 0 Å². The van der Waals surface area contributed by atoms with E-state index in [9.17, 15) is 0 Å². The predicted molar refractivity (Wildman–Crippen MR) is 121 cm³/mol. The summed E-state index contributed by atoms with van der Waals surface area (Å²) in [6.07, 6.45) is 0. The second-order valence-corrected chi connectivity index (χ2v) is 8.81. The van der Waals surface area contributed by atoms with E-state index in [-0.39, 0.29) is 0 Å². The van der Waals surface area contributed by atoms with Crippen LogP contribution in [0.4, 0.5) is 5.69 Å². The molecule has 1 N–H and O–H groups in total. The van der Waals surface area contributed by atoms with E-state index in [1.165, 1.54) is 0 Å². The van der Waals surface area contributed by atoms with Crippen molar-refractivity contribution in [2.24, 2.45) is 0 Å². The molecular weight excluding hydrogens is 536 g/mol. The number of nitrogens with one attached hydrogen (secondary N) is 1. The Hall–Kier alpha value is -0.910. The van der Waals surface area contributed by atoms with Gasteiger partial charge in [0.25, 0.3) is 0 Å². The van der Waals surface area contributed by atoms with Crippen LogP contribution in [0.3, 0.4) is 0 Å². The van der Waals surface area contributed by atoms with Crippen LogP contribution >= 0.6 is 66.7 Å². The van der Waals surface area contributed by atoms with E-state index < -0.39 is 0 Å². The second-order valence-electron chi connectivity index (χ2n) is 5.76. The van der Waals surface area contributed by atoms with Crippen LogP contribution in [-0.2, 0) is 13.2 Å². The molecule has 2 nitrogen and oxygen atoms in total. The minimum absolute atomic E-state index is 0.337. The van der Waals surface area contributed by atoms with Gasteiger partial charge in [-0.3, -0.25) is 0 Å². The van der Waals surface area contributed by atoms with Crippen LogP contribution in [-0.4, -0.2) is 0 Å². The highest BCUT2D eigenvalue weighted by Gasteiger charge is 2.12. The molecule has 0 fully saturated rings. The first-order chi connectivity index (χ1) is 12.9. The molecule has 0 saturated carbocycles. The Morgan fingerprint density at radius 3 is 2.22 bits per heavy atom. The van der Waals surface area contributed by atoms with Crippen molar-refractivity contribution < 1.29 is 4.74 Å². The molecule has 0 radical (unpaired) electrons. The maximum atomic E-state index is 6.25. The Morgan fingerprint density at radius 1 is 0.815 bits per heavy atom. The number of anilines is 1. The molecule has 3 rings (SSSR count). The van der Waals surface area contributed by atoms with Crippen LogP contribution in [0.1, 0.15) is 11.1 Å². The second kappa shape index (κ2) is 9.53. The minimum atomic E-state index is 0.337. The van der Waals surface area contributed by atoms with E-state index in [1.807, 2.05) is 42.5 Å². The molecule has 0 aliphatic rings. The van der Waals surface area contributed by atoms with Gasteiger partial charge in [-0.25, -0.2) is 0 Å². The van der Waals surface area contributed by atoms with Gasteiger partial charge in [0.2, 0.25) is 0 Å². The molecule has 27 heavy (non-hydrogen) atoms. The molecule has 0 aliphatic carbocycles. The SMILES string of the molecule is Clc1ccc(NCc2cc(Br)cc(Br)c2OCc2ccc(Cl)cc2Cl)cc1. The summed E-state index contributed by atoms with van der Waals surface area (Å²) in [6.45, 7) is 0.924. The summed E-state index contributed by atoms with van der Waals surface area (Å²) in [5.41, 5.74) is 2.84. The Labute approximate surface area is 190 Å². The molecule has 0 aliphatic heterocycles. The monoisotopic (exact) mass is 547 g/mol. The number of hydrogen-bond acceptors (Lipinski definition) is 2. The molecule has 140 valence electrons. The lowest BCUT2D eigenvalue weighted by Gasteiger charge is -2.16. The van der Waals surface area contributed by atoms with Crippen molar-refractivity contribution in [2.75, 3.05) is 5.32 Å². The summed E-state index contributed by atoms with van der Waals surface area (Å²) in [6, 6.07) is 16.9. The van der Waals surface area contributed by atoms with Crippen LogP contribution in [0.15, 0.2) is 63.5 Å². The van der Waals surface area contributed by atoms with Gasteiger partial charge in [-0.2, -0.15) is 0 Å². The molecule has 0 unspecified atom stereocenters. The third kappa shape index (κ3) is 5.78. The van der Waals surface area contributed by atoms with Gasteiger partial charge >= 0.3 is 0 Å². The molecule has 0 bridgehead atoms. The number of benzene rings is 3. The van der Waals surface area contributed by atoms with Crippen molar-refractivity contribution in [1.29, 1.82) is 0 Å². The lowest BCUT2D eigenvalue weighted by Crippen LogP contribution is -2.05. The van der Waals surface area contributed by atoms with Crippen molar-refractivity contribution in [3.05, 3.63) is 89.7 Å². The fourth-order valence-corrected chi connectivity index (χ4v) is 4.48. The lowest BCUT2D eigenvalue weighted by molar-refractivity contribution is 0.301. The first kappa shape index (κ1) is 20.8. The van der Waals surface area contributed by atoms with Crippen molar-refractivity contribution in [3.63, 3.8) is 0 Å². The normalized spacial score (nSPS) is 10.7. The molecule has 0 aromatic heterocycles. The lowest BCUT2D eigenvalue weighted by atomic mass is 10.2. The Bertz CT molecular complexity index is 949. The van der Waals surface area contributed by atoms with Gasteiger partial charge in [0, 0.05) is 42.9 Å². The quantitative estimate of drug-likeness (QED) is 0.333. The largest absolute Gasteiger partial charge is 0.487 e. The molecular formula is C20H14Br2Cl3NO. The molecule has 0 amide bonds. The van der Waals surface area contributed by atoms with Crippen LogP contribution in [0.5, 0.6) is 5.75 Å². The standard InChI is InChI=1S/C20H14Br2Cl3NO/c21-14-7-13(10-26-17-5-3-15(23)4-6-17)20(18(22)8-14)27-11-12-1-2-16(24)9-19(12)25/h1-9,26H,10-11H2. The third-order valence-electron chi connectivity index (χ3n) is 3.80. The first-order valence-corrected chi connectivity index (χ1v) is 10.7. The summed E-state index contributed by atoms with van der Waals surface area (Å²) in [5.74, 6) is 0.755. The van der Waals surface area contributed by atoms with Crippen molar-refractivity contribution in [2.45, 2.75) is 13.2 Å². The van der Waals surface area contributed by atoms with E-state index in [0.717, 1.165) is 31.5 Å². The molecule has 0 spiro atoms. The van der Waals surface area contributed by atoms with Crippen LogP contribution in [0, 0.1) is 0 Å². The van der Waals surface area contributed by atoms with Gasteiger partial charge in [0.1, 0.15) is 12.4 Å². The molecule has 3 aromatic carbocycles. The van der Waals surface area contributed by atoms with E-state index in [0.29, 0.717) is 28.2 Å². The summed E-state index contributed by atoms with van der Waals surface area (Å²) >= 11 is 25.3. The number of hydrogen-bond donors (Lipinski definition) is 1. The van der Waals surface area contributed by atoms with E-state index in [4.69, 9.17) is 39.5 Å². The summed E-state index contributed by atoms with van der Waals surface area (Å²) in [5, 5.41) is 5.26. The van der Waals surface area contributed by atoms with Crippen LogP contribution in [0.25, 0.3) is 0 Å². The van der Waals surface area contributed by atoms with Gasteiger partial charge in [0.15, 0.2) is 0 Å². The first-order valence-electron chi connectivity index (χ1n) is 7.96. The fourth-order valence-electron chi connectivity index (χ4n) is 2.46. The highest BCUT2D eigenvalue weighted by atomic mass is 79.9. The molecule has 0 heterocycles. The average molecular weight is 551 g/mol. The summed E-state index contributed by atoms with van der Waals surface area (Å²) in [7, 11) is 0. The highest BCUT2D eigenvalue weighted by molar-refractivity contribution is 9.11. The van der Waals surface area contributed by atoms with Gasteiger partial charge < -0.3 is 10.1 Å². The summed E-state index contributed by atoms with van der Waals surface area (Å²) in [4.78, 5) is 0. The van der Waals surface area contributed by atoms with E-state index in [2.05, 4.69) is 37.2 Å². The average Bonchev–Trinajstić information content (AvgIpc) is 2.61. The zero-order valence-corrected chi connectivity index (χ0v) is 19.3. The minimum Gasteiger partial charge on any atom is -0.487 e. The highest BCUT2D eigenvalue weighted by Crippen LogP contribution is 2.34. The maximum absolute atomic E-state index is 6.25.